The van der Waals surface area contributed by atoms with Crippen molar-refractivity contribution < 1.29 is 18.9 Å². The third-order valence-corrected chi connectivity index (χ3v) is 7.76. The van der Waals surface area contributed by atoms with Crippen LogP contribution in [0.15, 0.2) is 36.4 Å². The summed E-state index contributed by atoms with van der Waals surface area (Å²) in [5, 5.41) is 0. The Hall–Kier alpha value is -2.80. The van der Waals surface area contributed by atoms with E-state index in [4.69, 9.17) is 25.4 Å². The van der Waals surface area contributed by atoms with E-state index in [-0.39, 0.29) is 0 Å². The maximum absolute atomic E-state index is 6.43. The molecule has 4 nitrogen and oxygen atoms in total. The van der Waals surface area contributed by atoms with Crippen LogP contribution in [0.2, 0.25) is 0 Å². The maximum Gasteiger partial charge on any atom is 0.203 e. The molecule has 0 unspecified atom stereocenters. The second-order valence-corrected chi connectivity index (χ2v) is 11.7. The molecular formula is C39H60O4. The Labute approximate surface area is 264 Å². The molecule has 240 valence electrons. The van der Waals surface area contributed by atoms with Crippen LogP contribution in [0, 0.1) is 12.3 Å². The molecule has 0 bridgehead atoms. The van der Waals surface area contributed by atoms with E-state index in [9.17, 15) is 0 Å². The van der Waals surface area contributed by atoms with Gasteiger partial charge < -0.3 is 18.9 Å². The van der Waals surface area contributed by atoms with Crippen LogP contribution in [0.4, 0.5) is 0 Å². The summed E-state index contributed by atoms with van der Waals surface area (Å²) >= 11 is 0. The minimum absolute atomic E-state index is 0.411. The first-order valence-corrected chi connectivity index (χ1v) is 17.5. The van der Waals surface area contributed by atoms with Crippen LogP contribution in [-0.4, -0.2) is 19.8 Å². The van der Waals surface area contributed by atoms with E-state index in [0.717, 1.165) is 53.4 Å². The highest BCUT2D eigenvalue weighted by atomic mass is 16.5. The molecule has 0 radical (unpaired) electrons. The smallest absolute Gasteiger partial charge is 0.203 e. The normalized spacial score (nSPS) is 10.8. The highest BCUT2D eigenvalue weighted by Gasteiger charge is 2.17. The molecule has 0 saturated carbocycles. The van der Waals surface area contributed by atoms with Crippen LogP contribution >= 0.6 is 0 Å². The zero-order valence-electron chi connectivity index (χ0n) is 27.7. The number of benzene rings is 2. The monoisotopic (exact) mass is 592 g/mol. The molecule has 2 rings (SSSR count). The minimum Gasteiger partial charge on any atom is -0.490 e. The Morgan fingerprint density at radius 1 is 0.512 bits per heavy atom. The highest BCUT2D eigenvalue weighted by molar-refractivity contribution is 5.54. The molecule has 0 N–H and O–H groups in total. The first-order valence-electron chi connectivity index (χ1n) is 17.5. The molecular weight excluding hydrogens is 532 g/mol. The summed E-state index contributed by atoms with van der Waals surface area (Å²) in [6.45, 7) is 9.20. The summed E-state index contributed by atoms with van der Waals surface area (Å²) in [6.07, 6.45) is 27.6. The van der Waals surface area contributed by atoms with Crippen molar-refractivity contribution in [1.29, 1.82) is 0 Å². The van der Waals surface area contributed by atoms with Crippen LogP contribution in [0.1, 0.15) is 147 Å². The van der Waals surface area contributed by atoms with E-state index >= 15 is 0 Å². The summed E-state index contributed by atoms with van der Waals surface area (Å²) in [6, 6.07) is 11.8. The van der Waals surface area contributed by atoms with Gasteiger partial charge in [-0.2, -0.15) is 0 Å². The minimum atomic E-state index is 0.411. The number of hydrogen-bond acceptors (Lipinski definition) is 4. The van der Waals surface area contributed by atoms with Crippen LogP contribution in [0.5, 0.6) is 23.0 Å². The molecule has 0 amide bonds. The summed E-state index contributed by atoms with van der Waals surface area (Å²) < 4.78 is 25.4. The number of rotatable bonds is 27. The van der Waals surface area contributed by atoms with Crippen LogP contribution in [0.25, 0.3) is 0 Å². The van der Waals surface area contributed by atoms with Gasteiger partial charge >= 0.3 is 0 Å². The molecule has 4 heteroatoms. The molecule has 0 aliphatic carbocycles. The van der Waals surface area contributed by atoms with Crippen molar-refractivity contribution in [2.75, 3.05) is 19.8 Å². The number of unbranched alkanes of at least 4 members (excludes halogenated alkanes) is 15. The van der Waals surface area contributed by atoms with E-state index in [2.05, 4.69) is 38.8 Å². The number of terminal acetylenes is 1. The standard InChI is InChI=1S/C39H60O4/c1-5-9-12-15-18-21-28-40-37-31-35(33-43-36-26-24-34(8-4)25-27-36)32-38(41-29-22-19-16-13-10-6-2)39(37)42-30-23-20-17-14-11-7-3/h4,24-27,31-32H,5-7,9-23,28-30,33H2,1-3H3. The van der Waals surface area contributed by atoms with Gasteiger partial charge in [-0.05, 0) is 61.2 Å². The fraction of sp³-hybridized carbons (Fsp3) is 0.641. The SMILES string of the molecule is C#Cc1ccc(OCc2cc(OCCCCCCCC)c(OCCCCCCCC)c(OCCCCCCCC)c2)cc1. The largest absolute Gasteiger partial charge is 0.490 e. The zero-order valence-corrected chi connectivity index (χ0v) is 27.7. The fourth-order valence-electron chi connectivity index (χ4n) is 5.07. The number of ether oxygens (including phenoxy) is 4. The van der Waals surface area contributed by atoms with Crippen molar-refractivity contribution in [3.05, 3.63) is 47.5 Å². The van der Waals surface area contributed by atoms with Gasteiger partial charge in [-0.15, -0.1) is 6.42 Å². The van der Waals surface area contributed by atoms with Gasteiger partial charge in [0.1, 0.15) is 12.4 Å². The molecule has 2 aromatic rings. The quantitative estimate of drug-likeness (QED) is 0.0764. The van der Waals surface area contributed by atoms with Gasteiger partial charge in [0.2, 0.25) is 5.75 Å². The Morgan fingerprint density at radius 3 is 1.37 bits per heavy atom. The predicted molar refractivity (Wildman–Crippen MR) is 182 cm³/mol. The van der Waals surface area contributed by atoms with Gasteiger partial charge in [0.25, 0.3) is 0 Å². The maximum atomic E-state index is 6.43. The summed E-state index contributed by atoms with van der Waals surface area (Å²) in [7, 11) is 0. The Bertz CT molecular complexity index is 952. The fourth-order valence-corrected chi connectivity index (χ4v) is 5.07. The van der Waals surface area contributed by atoms with Gasteiger partial charge in [-0.3, -0.25) is 0 Å². The Kier molecular flexibility index (Phi) is 20.8. The summed E-state index contributed by atoms with van der Waals surface area (Å²) in [5.74, 6) is 5.71. The Morgan fingerprint density at radius 2 is 0.930 bits per heavy atom. The number of hydrogen-bond donors (Lipinski definition) is 0. The lowest BCUT2D eigenvalue weighted by atomic mass is 10.1. The predicted octanol–water partition coefficient (Wildman–Crippen LogP) is 11.5. The van der Waals surface area contributed by atoms with Crippen molar-refractivity contribution in [1.82, 2.24) is 0 Å². The van der Waals surface area contributed by atoms with E-state index in [1.165, 1.54) is 96.3 Å². The zero-order chi connectivity index (χ0) is 30.8. The third-order valence-electron chi connectivity index (χ3n) is 7.76. The van der Waals surface area contributed by atoms with Gasteiger partial charge in [-0.25, -0.2) is 0 Å². The van der Waals surface area contributed by atoms with Gasteiger partial charge in [0.15, 0.2) is 11.5 Å². The molecule has 0 aliphatic heterocycles. The van der Waals surface area contributed by atoms with E-state index < -0.39 is 0 Å². The summed E-state index contributed by atoms with van der Waals surface area (Å²) in [4.78, 5) is 0. The molecule has 0 heterocycles. The Balaban J connectivity index is 2.13. The average Bonchev–Trinajstić information content (AvgIpc) is 3.03. The second kappa shape index (κ2) is 24.6. The van der Waals surface area contributed by atoms with E-state index in [1.54, 1.807) is 0 Å². The van der Waals surface area contributed by atoms with Gasteiger partial charge in [-0.1, -0.05) is 123 Å². The van der Waals surface area contributed by atoms with E-state index in [1.807, 2.05) is 24.3 Å². The van der Waals surface area contributed by atoms with Crippen molar-refractivity contribution in [2.45, 2.75) is 143 Å². The van der Waals surface area contributed by atoms with Gasteiger partial charge in [0, 0.05) is 5.56 Å². The molecule has 2 aromatic carbocycles. The van der Waals surface area contributed by atoms with Crippen molar-refractivity contribution in [2.24, 2.45) is 0 Å². The average molecular weight is 593 g/mol. The van der Waals surface area contributed by atoms with Crippen molar-refractivity contribution in [3.8, 4) is 35.3 Å². The first-order chi connectivity index (χ1) is 21.2. The van der Waals surface area contributed by atoms with Crippen LogP contribution in [-0.2, 0) is 6.61 Å². The molecule has 0 aliphatic rings. The van der Waals surface area contributed by atoms with Crippen LogP contribution < -0.4 is 18.9 Å². The van der Waals surface area contributed by atoms with Crippen molar-refractivity contribution >= 4 is 0 Å². The van der Waals surface area contributed by atoms with Crippen molar-refractivity contribution in [3.63, 3.8) is 0 Å². The lowest BCUT2D eigenvalue weighted by Gasteiger charge is -2.19. The van der Waals surface area contributed by atoms with E-state index in [0.29, 0.717) is 26.4 Å². The lowest BCUT2D eigenvalue weighted by Crippen LogP contribution is -2.08. The molecule has 0 aromatic heterocycles. The summed E-state index contributed by atoms with van der Waals surface area (Å²) in [5.41, 5.74) is 1.85. The highest BCUT2D eigenvalue weighted by Crippen LogP contribution is 2.40. The molecule has 0 saturated heterocycles. The second-order valence-electron chi connectivity index (χ2n) is 11.7. The topological polar surface area (TPSA) is 36.9 Å². The third kappa shape index (κ3) is 16.6. The molecule has 0 fully saturated rings. The molecule has 0 atom stereocenters. The van der Waals surface area contributed by atoms with Crippen LogP contribution in [0.3, 0.4) is 0 Å². The lowest BCUT2D eigenvalue weighted by molar-refractivity contribution is 0.232. The van der Waals surface area contributed by atoms with Gasteiger partial charge in [0.05, 0.1) is 19.8 Å². The first kappa shape index (κ1) is 36.4. The molecule has 43 heavy (non-hydrogen) atoms. The molecule has 0 spiro atoms.